The lowest BCUT2D eigenvalue weighted by Gasteiger charge is -2.29. The van der Waals surface area contributed by atoms with Crippen LogP contribution in [0.5, 0.6) is 0 Å². The fraction of sp³-hybridized carbons (Fsp3) is 0.818. The zero-order valence-electron chi connectivity index (χ0n) is 9.08. The van der Waals surface area contributed by atoms with Crippen molar-refractivity contribution in [2.75, 3.05) is 32.5 Å². The maximum Gasteiger partial charge on any atom is 0.0740 e. The number of hydrogen-bond acceptors (Lipinski definition) is 3. The lowest BCUT2D eigenvalue weighted by atomic mass is 9.98. The van der Waals surface area contributed by atoms with Gasteiger partial charge < -0.3 is 9.08 Å². The lowest BCUT2D eigenvalue weighted by Crippen LogP contribution is -2.35. The van der Waals surface area contributed by atoms with Crippen LogP contribution in [0, 0.1) is 17.8 Å². The monoisotopic (exact) mass is 213 g/mol. The summed E-state index contributed by atoms with van der Waals surface area (Å²) in [5.41, 5.74) is 0. The van der Waals surface area contributed by atoms with Crippen LogP contribution in [0.15, 0.2) is 0 Å². The molecule has 0 unspecified atom stereocenters. The highest BCUT2D eigenvalue weighted by Crippen LogP contribution is 2.15. The Labute approximate surface area is 91.6 Å². The van der Waals surface area contributed by atoms with Crippen LogP contribution in [0.1, 0.15) is 19.8 Å². The molecule has 0 bridgehead atoms. The van der Waals surface area contributed by atoms with Crippen molar-refractivity contribution in [2.45, 2.75) is 19.8 Å². The first-order chi connectivity index (χ1) is 6.86. The summed E-state index contributed by atoms with van der Waals surface area (Å²) >= 11 is 1.45. The fourth-order valence-electron chi connectivity index (χ4n) is 1.75. The minimum Gasteiger partial charge on any atom is -0.314 e. The van der Waals surface area contributed by atoms with Crippen LogP contribution in [0.2, 0.25) is 0 Å². The third kappa shape index (κ3) is 4.36. The van der Waals surface area contributed by atoms with Gasteiger partial charge in [0.15, 0.2) is 0 Å². The van der Waals surface area contributed by atoms with Gasteiger partial charge in [0.2, 0.25) is 0 Å². The van der Waals surface area contributed by atoms with Gasteiger partial charge in [-0.15, -0.1) is 11.8 Å². The van der Waals surface area contributed by atoms with Crippen molar-refractivity contribution in [3.05, 3.63) is 0 Å². The highest BCUT2D eigenvalue weighted by atomic mass is 32.2. The summed E-state index contributed by atoms with van der Waals surface area (Å²) in [4.78, 5) is 2.46. The molecule has 80 valence electrons. The molecular formula is C11H19NOS. The molecule has 0 spiro atoms. The van der Waals surface area contributed by atoms with E-state index in [4.69, 9.17) is 4.18 Å². The number of nitrogens with zero attached hydrogens (tertiary/aromatic N) is 1. The summed E-state index contributed by atoms with van der Waals surface area (Å²) in [5, 5.41) is 0. The molecule has 0 aromatic heterocycles. The van der Waals surface area contributed by atoms with Gasteiger partial charge in [0.1, 0.15) is 0 Å². The van der Waals surface area contributed by atoms with Gasteiger partial charge in [-0.25, -0.2) is 0 Å². The van der Waals surface area contributed by atoms with Crippen molar-refractivity contribution in [3.8, 4) is 11.8 Å². The van der Waals surface area contributed by atoms with Crippen LogP contribution < -0.4 is 0 Å². The average Bonchev–Trinajstić information content (AvgIpc) is 2.21. The SMILES string of the molecule is CC#CC1CCN(CCOSC)CC1. The van der Waals surface area contributed by atoms with E-state index in [9.17, 15) is 0 Å². The summed E-state index contributed by atoms with van der Waals surface area (Å²) in [6.07, 6.45) is 4.41. The van der Waals surface area contributed by atoms with Crippen LogP contribution in [0.3, 0.4) is 0 Å². The molecule has 0 atom stereocenters. The topological polar surface area (TPSA) is 12.5 Å². The van der Waals surface area contributed by atoms with Gasteiger partial charge in [-0.3, -0.25) is 0 Å². The minimum absolute atomic E-state index is 0.637. The summed E-state index contributed by atoms with van der Waals surface area (Å²) in [6.45, 7) is 6.19. The molecule has 1 rings (SSSR count). The van der Waals surface area contributed by atoms with Crippen molar-refractivity contribution >= 4 is 12.0 Å². The van der Waals surface area contributed by atoms with E-state index in [-0.39, 0.29) is 0 Å². The predicted molar refractivity (Wildman–Crippen MR) is 62.1 cm³/mol. The second kappa shape index (κ2) is 7.17. The number of piperidine rings is 1. The Hall–Kier alpha value is -0.170. The van der Waals surface area contributed by atoms with Gasteiger partial charge in [-0.1, -0.05) is 0 Å². The Kier molecular flexibility index (Phi) is 6.09. The molecule has 1 aliphatic heterocycles. The van der Waals surface area contributed by atoms with Crippen molar-refractivity contribution in [1.82, 2.24) is 4.90 Å². The molecule has 2 nitrogen and oxygen atoms in total. The maximum atomic E-state index is 5.26. The molecule has 0 amide bonds. The quantitative estimate of drug-likeness (QED) is 0.403. The van der Waals surface area contributed by atoms with Crippen molar-refractivity contribution in [3.63, 3.8) is 0 Å². The molecule has 0 radical (unpaired) electrons. The molecule has 1 fully saturated rings. The zero-order valence-corrected chi connectivity index (χ0v) is 9.90. The van der Waals surface area contributed by atoms with Crippen molar-refractivity contribution in [2.24, 2.45) is 5.92 Å². The summed E-state index contributed by atoms with van der Waals surface area (Å²) in [7, 11) is 0. The predicted octanol–water partition coefficient (Wildman–Crippen LogP) is 2.02. The average molecular weight is 213 g/mol. The van der Waals surface area contributed by atoms with Crippen molar-refractivity contribution < 1.29 is 4.18 Å². The third-order valence-electron chi connectivity index (χ3n) is 2.54. The molecule has 0 aromatic carbocycles. The third-order valence-corrected chi connectivity index (χ3v) is 2.95. The zero-order chi connectivity index (χ0) is 10.2. The highest BCUT2D eigenvalue weighted by Gasteiger charge is 2.16. The van der Waals surface area contributed by atoms with Gasteiger partial charge in [0.05, 0.1) is 6.61 Å². The highest BCUT2D eigenvalue weighted by molar-refractivity contribution is 7.93. The van der Waals surface area contributed by atoms with Gasteiger partial charge in [-0.05, 0) is 44.9 Å². The van der Waals surface area contributed by atoms with Crippen LogP contribution in [-0.4, -0.2) is 37.4 Å². The molecular weight excluding hydrogens is 194 g/mol. The lowest BCUT2D eigenvalue weighted by molar-refractivity contribution is 0.179. The standard InChI is InChI=1S/C11H19NOS/c1-3-4-11-5-7-12(8-6-11)9-10-13-14-2/h11H,5-10H2,1-2H3. The van der Waals surface area contributed by atoms with E-state index in [1.54, 1.807) is 0 Å². The first kappa shape index (κ1) is 11.9. The second-order valence-electron chi connectivity index (χ2n) is 3.50. The van der Waals surface area contributed by atoms with E-state index in [1.807, 2.05) is 13.2 Å². The summed E-state index contributed by atoms with van der Waals surface area (Å²) in [5.74, 6) is 6.91. The minimum atomic E-state index is 0.637. The van der Waals surface area contributed by atoms with Crippen LogP contribution >= 0.6 is 12.0 Å². The summed E-state index contributed by atoms with van der Waals surface area (Å²) < 4.78 is 5.26. The molecule has 1 heterocycles. The molecule has 1 aliphatic rings. The molecule has 0 aliphatic carbocycles. The largest absolute Gasteiger partial charge is 0.314 e. The van der Waals surface area contributed by atoms with E-state index >= 15 is 0 Å². The van der Waals surface area contributed by atoms with Gasteiger partial charge in [-0.2, -0.15) is 0 Å². The van der Waals surface area contributed by atoms with Crippen LogP contribution in [-0.2, 0) is 4.18 Å². The Morgan fingerprint density at radius 2 is 2.14 bits per heavy atom. The molecule has 0 N–H and O–H groups in total. The Morgan fingerprint density at radius 1 is 1.43 bits per heavy atom. The van der Waals surface area contributed by atoms with E-state index in [2.05, 4.69) is 16.7 Å². The Morgan fingerprint density at radius 3 is 2.71 bits per heavy atom. The normalized spacial score (nSPS) is 19.0. The maximum absolute atomic E-state index is 5.26. The Balaban J connectivity index is 2.11. The second-order valence-corrected chi connectivity index (χ2v) is 4.07. The molecule has 1 saturated heterocycles. The van der Waals surface area contributed by atoms with E-state index < -0.39 is 0 Å². The molecule has 3 heteroatoms. The van der Waals surface area contributed by atoms with Gasteiger partial charge in [0.25, 0.3) is 0 Å². The number of likely N-dealkylation sites (tertiary alicyclic amines) is 1. The number of hydrogen-bond donors (Lipinski definition) is 0. The molecule has 14 heavy (non-hydrogen) atoms. The van der Waals surface area contributed by atoms with Crippen molar-refractivity contribution in [1.29, 1.82) is 0 Å². The summed E-state index contributed by atoms with van der Waals surface area (Å²) in [6, 6.07) is 0. The van der Waals surface area contributed by atoms with Gasteiger partial charge in [0, 0.05) is 18.7 Å². The number of rotatable bonds is 4. The van der Waals surface area contributed by atoms with Crippen LogP contribution in [0.4, 0.5) is 0 Å². The molecule has 0 aromatic rings. The van der Waals surface area contributed by atoms with Crippen LogP contribution in [0.25, 0.3) is 0 Å². The first-order valence-electron chi connectivity index (χ1n) is 5.17. The smallest absolute Gasteiger partial charge is 0.0740 e. The Bertz CT molecular complexity index is 201. The van der Waals surface area contributed by atoms with E-state index in [0.717, 1.165) is 13.2 Å². The molecule has 0 saturated carbocycles. The van der Waals surface area contributed by atoms with E-state index in [0.29, 0.717) is 5.92 Å². The first-order valence-corrected chi connectivity index (χ1v) is 6.32. The van der Waals surface area contributed by atoms with E-state index in [1.165, 1.54) is 38.0 Å². The van der Waals surface area contributed by atoms with Gasteiger partial charge >= 0.3 is 0 Å². The fourth-order valence-corrected chi connectivity index (χ4v) is 2.00.